The Balaban J connectivity index is 1.59. The standard InChI is InChI=1S/C22H27NO3/c1-17-7-6-14-22(15-17,25-2)21(24)23-19-10-12-20(13-11-19)26-16-18-8-4-3-5-9-18/h3-5,8-13,17H,6-7,14-16H2,1-2H3,(H,23,24). The number of nitrogens with one attached hydrogen (secondary N) is 1. The summed E-state index contributed by atoms with van der Waals surface area (Å²) in [7, 11) is 1.64. The normalized spacial score (nSPS) is 22.6. The van der Waals surface area contributed by atoms with Gasteiger partial charge in [-0.2, -0.15) is 0 Å². The third-order valence-corrected chi connectivity index (χ3v) is 5.12. The van der Waals surface area contributed by atoms with E-state index in [1.165, 1.54) is 0 Å². The predicted molar refractivity (Wildman–Crippen MR) is 103 cm³/mol. The molecule has 1 N–H and O–H groups in total. The number of amides is 1. The molecular formula is C22H27NO3. The van der Waals surface area contributed by atoms with Gasteiger partial charge in [-0.05, 0) is 55.0 Å². The molecule has 1 saturated carbocycles. The number of benzene rings is 2. The van der Waals surface area contributed by atoms with Gasteiger partial charge in [0.2, 0.25) is 0 Å². The van der Waals surface area contributed by atoms with Crippen LogP contribution >= 0.6 is 0 Å². The van der Waals surface area contributed by atoms with Gasteiger partial charge in [0.25, 0.3) is 5.91 Å². The van der Waals surface area contributed by atoms with E-state index in [0.29, 0.717) is 12.5 Å². The molecule has 1 amide bonds. The Labute approximate surface area is 155 Å². The molecule has 1 aliphatic rings. The lowest BCUT2D eigenvalue weighted by Gasteiger charge is -2.37. The van der Waals surface area contributed by atoms with Crippen LogP contribution in [0.1, 0.15) is 38.2 Å². The van der Waals surface area contributed by atoms with Crippen molar-refractivity contribution in [1.29, 1.82) is 0 Å². The fraction of sp³-hybridized carbons (Fsp3) is 0.409. The number of anilines is 1. The summed E-state index contributed by atoms with van der Waals surface area (Å²) >= 11 is 0. The van der Waals surface area contributed by atoms with Crippen LogP contribution in [0.25, 0.3) is 0 Å². The van der Waals surface area contributed by atoms with Gasteiger partial charge in [-0.1, -0.05) is 43.7 Å². The van der Waals surface area contributed by atoms with Crippen LogP contribution in [0.3, 0.4) is 0 Å². The van der Waals surface area contributed by atoms with Crippen LogP contribution in [0.4, 0.5) is 5.69 Å². The Morgan fingerprint density at radius 3 is 2.54 bits per heavy atom. The highest BCUT2D eigenvalue weighted by Crippen LogP contribution is 2.35. The predicted octanol–water partition coefficient (Wildman–Crippen LogP) is 4.80. The quantitative estimate of drug-likeness (QED) is 0.811. The van der Waals surface area contributed by atoms with Crippen molar-refractivity contribution in [2.45, 2.75) is 44.8 Å². The van der Waals surface area contributed by atoms with Gasteiger partial charge in [0.1, 0.15) is 18.0 Å². The first kappa shape index (κ1) is 18.5. The Morgan fingerprint density at radius 2 is 1.88 bits per heavy atom. The molecule has 2 aromatic carbocycles. The summed E-state index contributed by atoms with van der Waals surface area (Å²) in [5.41, 5.74) is 1.18. The van der Waals surface area contributed by atoms with Crippen molar-refractivity contribution >= 4 is 11.6 Å². The Hall–Kier alpha value is -2.33. The van der Waals surface area contributed by atoms with Gasteiger partial charge >= 0.3 is 0 Å². The van der Waals surface area contributed by atoms with E-state index < -0.39 is 5.60 Å². The fourth-order valence-electron chi connectivity index (χ4n) is 3.61. The second-order valence-corrected chi connectivity index (χ2v) is 7.15. The molecule has 0 aliphatic heterocycles. The molecule has 26 heavy (non-hydrogen) atoms. The average molecular weight is 353 g/mol. The maximum Gasteiger partial charge on any atom is 0.256 e. The molecule has 2 unspecified atom stereocenters. The second-order valence-electron chi connectivity index (χ2n) is 7.15. The van der Waals surface area contributed by atoms with Gasteiger partial charge in [-0.15, -0.1) is 0 Å². The van der Waals surface area contributed by atoms with Crippen LogP contribution in [0.2, 0.25) is 0 Å². The molecule has 0 radical (unpaired) electrons. The van der Waals surface area contributed by atoms with E-state index in [1.807, 2.05) is 54.6 Å². The van der Waals surface area contributed by atoms with Crippen molar-refractivity contribution in [3.63, 3.8) is 0 Å². The maximum absolute atomic E-state index is 12.8. The zero-order chi connectivity index (χ0) is 18.4. The number of rotatable bonds is 6. The summed E-state index contributed by atoms with van der Waals surface area (Å²) in [6, 6.07) is 17.5. The fourth-order valence-corrected chi connectivity index (χ4v) is 3.61. The van der Waals surface area contributed by atoms with E-state index in [0.717, 1.165) is 42.7 Å². The van der Waals surface area contributed by atoms with E-state index in [1.54, 1.807) is 7.11 Å². The van der Waals surface area contributed by atoms with E-state index in [9.17, 15) is 4.79 Å². The summed E-state index contributed by atoms with van der Waals surface area (Å²) < 4.78 is 11.4. The van der Waals surface area contributed by atoms with Crippen LogP contribution in [-0.4, -0.2) is 18.6 Å². The lowest BCUT2D eigenvalue weighted by molar-refractivity contribution is -0.143. The first-order chi connectivity index (χ1) is 12.6. The number of carbonyl (C=O) groups is 1. The first-order valence-corrected chi connectivity index (χ1v) is 9.25. The summed E-state index contributed by atoms with van der Waals surface area (Å²) in [6.07, 6.45) is 3.73. The van der Waals surface area contributed by atoms with Crippen molar-refractivity contribution in [3.05, 3.63) is 60.2 Å². The topological polar surface area (TPSA) is 47.6 Å². The monoisotopic (exact) mass is 353 g/mol. The Bertz CT molecular complexity index is 714. The zero-order valence-corrected chi connectivity index (χ0v) is 15.5. The molecule has 2 aromatic rings. The second kappa shape index (κ2) is 8.37. The molecule has 2 atom stereocenters. The molecule has 0 saturated heterocycles. The summed E-state index contributed by atoms with van der Waals surface area (Å²) in [6.45, 7) is 2.70. The number of carbonyl (C=O) groups excluding carboxylic acids is 1. The van der Waals surface area contributed by atoms with Crippen LogP contribution < -0.4 is 10.1 Å². The highest BCUT2D eigenvalue weighted by molar-refractivity contribution is 5.97. The summed E-state index contributed by atoms with van der Waals surface area (Å²) in [4.78, 5) is 12.8. The van der Waals surface area contributed by atoms with E-state index >= 15 is 0 Å². The van der Waals surface area contributed by atoms with Crippen molar-refractivity contribution in [3.8, 4) is 5.75 Å². The molecule has 138 valence electrons. The SMILES string of the molecule is COC1(C(=O)Nc2ccc(OCc3ccccc3)cc2)CCCC(C)C1. The molecule has 4 heteroatoms. The minimum atomic E-state index is -0.708. The minimum absolute atomic E-state index is 0.0514. The number of methoxy groups -OCH3 is 1. The van der Waals surface area contributed by atoms with Crippen molar-refractivity contribution < 1.29 is 14.3 Å². The van der Waals surface area contributed by atoms with Crippen molar-refractivity contribution in [1.82, 2.24) is 0 Å². The van der Waals surface area contributed by atoms with Crippen LogP contribution in [0, 0.1) is 5.92 Å². The number of ether oxygens (including phenoxy) is 2. The van der Waals surface area contributed by atoms with Crippen LogP contribution in [0.15, 0.2) is 54.6 Å². The third kappa shape index (κ3) is 4.44. The molecule has 0 spiro atoms. The third-order valence-electron chi connectivity index (χ3n) is 5.12. The molecular weight excluding hydrogens is 326 g/mol. The summed E-state index contributed by atoms with van der Waals surface area (Å²) in [5.74, 6) is 1.23. The molecule has 1 fully saturated rings. The highest BCUT2D eigenvalue weighted by Gasteiger charge is 2.41. The molecule has 4 nitrogen and oxygen atoms in total. The molecule has 0 heterocycles. The lowest BCUT2D eigenvalue weighted by Crippen LogP contribution is -2.47. The number of hydrogen-bond acceptors (Lipinski definition) is 3. The van der Waals surface area contributed by atoms with Crippen LogP contribution in [0.5, 0.6) is 5.75 Å². The van der Waals surface area contributed by atoms with Crippen LogP contribution in [-0.2, 0) is 16.1 Å². The van der Waals surface area contributed by atoms with Crippen molar-refractivity contribution in [2.24, 2.45) is 5.92 Å². The highest BCUT2D eigenvalue weighted by atomic mass is 16.5. The van der Waals surface area contributed by atoms with Gasteiger partial charge in [0.05, 0.1) is 0 Å². The molecule has 0 aromatic heterocycles. The number of hydrogen-bond donors (Lipinski definition) is 1. The van der Waals surface area contributed by atoms with Gasteiger partial charge < -0.3 is 14.8 Å². The first-order valence-electron chi connectivity index (χ1n) is 9.25. The zero-order valence-electron chi connectivity index (χ0n) is 15.5. The van der Waals surface area contributed by atoms with E-state index in [-0.39, 0.29) is 5.91 Å². The molecule has 0 bridgehead atoms. The van der Waals surface area contributed by atoms with Gasteiger partial charge in [0.15, 0.2) is 0 Å². The lowest BCUT2D eigenvalue weighted by atomic mass is 9.78. The largest absolute Gasteiger partial charge is 0.489 e. The smallest absolute Gasteiger partial charge is 0.256 e. The molecule has 3 rings (SSSR count). The Kier molecular flexibility index (Phi) is 5.94. The van der Waals surface area contributed by atoms with Crippen molar-refractivity contribution in [2.75, 3.05) is 12.4 Å². The maximum atomic E-state index is 12.8. The average Bonchev–Trinajstić information content (AvgIpc) is 2.68. The Morgan fingerprint density at radius 1 is 1.15 bits per heavy atom. The summed E-state index contributed by atoms with van der Waals surface area (Å²) in [5, 5.41) is 3.01. The van der Waals surface area contributed by atoms with Gasteiger partial charge in [-0.25, -0.2) is 0 Å². The van der Waals surface area contributed by atoms with E-state index in [4.69, 9.17) is 9.47 Å². The van der Waals surface area contributed by atoms with Gasteiger partial charge in [-0.3, -0.25) is 4.79 Å². The molecule has 1 aliphatic carbocycles. The van der Waals surface area contributed by atoms with E-state index in [2.05, 4.69) is 12.2 Å². The minimum Gasteiger partial charge on any atom is -0.489 e. The van der Waals surface area contributed by atoms with Gasteiger partial charge in [0, 0.05) is 12.8 Å².